The first-order valence-corrected chi connectivity index (χ1v) is 16.2. The van der Waals surface area contributed by atoms with Gasteiger partial charge in [0.25, 0.3) is 0 Å². The van der Waals surface area contributed by atoms with Gasteiger partial charge in [0.1, 0.15) is 0 Å². The number of rotatable bonds is 2. The Hall–Kier alpha value is -5.18. The predicted octanol–water partition coefficient (Wildman–Crippen LogP) is 12.1. The van der Waals surface area contributed by atoms with Crippen molar-refractivity contribution in [1.29, 1.82) is 0 Å². The zero-order chi connectivity index (χ0) is 28.8. The highest BCUT2D eigenvalue weighted by molar-refractivity contribution is 7.20. The van der Waals surface area contributed by atoms with Crippen LogP contribution in [0.1, 0.15) is 16.9 Å². The number of nitrogens with zero attached hydrogens (tertiary/aromatic N) is 1. The summed E-state index contributed by atoms with van der Waals surface area (Å²) in [5, 5.41) is 11.8. The molecule has 0 fully saturated rings. The van der Waals surface area contributed by atoms with Crippen molar-refractivity contribution in [2.45, 2.75) is 12.8 Å². The Bertz CT molecular complexity index is 2580. The fourth-order valence-corrected chi connectivity index (χ4v) is 8.92. The van der Waals surface area contributed by atoms with E-state index in [9.17, 15) is 0 Å². The SMILES string of the molecule is C1=Cc2c(sc3c(-n4c5ccccc5c5ccccc54)cc(-c4ccc5c6ccccc6c6ccccc6c5c4)cc23)CC1. The summed E-state index contributed by atoms with van der Waals surface area (Å²) in [5.74, 6) is 0. The Labute approximate surface area is 258 Å². The van der Waals surface area contributed by atoms with Crippen LogP contribution < -0.4 is 0 Å². The summed E-state index contributed by atoms with van der Waals surface area (Å²) in [6.45, 7) is 0. The van der Waals surface area contributed by atoms with E-state index in [1.54, 1.807) is 0 Å². The summed E-state index contributed by atoms with van der Waals surface area (Å²) in [4.78, 5) is 1.50. The second-order valence-corrected chi connectivity index (χ2v) is 13.1. The van der Waals surface area contributed by atoms with Crippen molar-refractivity contribution >= 4 is 81.6 Å². The summed E-state index contributed by atoms with van der Waals surface area (Å²) in [6, 6.07) is 47.4. The van der Waals surface area contributed by atoms with Gasteiger partial charge in [0, 0.05) is 21.0 Å². The van der Waals surface area contributed by atoms with E-state index in [0.717, 1.165) is 12.8 Å². The molecule has 0 N–H and O–H groups in total. The van der Waals surface area contributed by atoms with Gasteiger partial charge in [-0.25, -0.2) is 0 Å². The highest BCUT2D eigenvalue weighted by atomic mass is 32.1. The smallest absolute Gasteiger partial charge is 0.0646 e. The van der Waals surface area contributed by atoms with E-state index in [4.69, 9.17) is 0 Å². The first kappa shape index (κ1) is 24.3. The number of fused-ring (bicyclic) bond motifs is 12. The Morgan fingerprint density at radius 1 is 0.477 bits per heavy atom. The van der Waals surface area contributed by atoms with E-state index in [0.29, 0.717) is 0 Å². The Kier molecular flexibility index (Phi) is 5.05. The molecule has 206 valence electrons. The molecule has 1 aliphatic rings. The Morgan fingerprint density at radius 3 is 1.68 bits per heavy atom. The fraction of sp³-hybridized carbons (Fsp3) is 0.0476. The second-order valence-electron chi connectivity index (χ2n) is 12.0. The molecule has 0 saturated heterocycles. The first-order chi connectivity index (χ1) is 21.8. The van der Waals surface area contributed by atoms with E-state index in [2.05, 4.69) is 144 Å². The predicted molar refractivity (Wildman–Crippen MR) is 191 cm³/mol. The molecule has 0 radical (unpaired) electrons. The van der Waals surface area contributed by atoms with Crippen LogP contribution in [0.2, 0.25) is 0 Å². The van der Waals surface area contributed by atoms with Gasteiger partial charge in [0.05, 0.1) is 21.4 Å². The Morgan fingerprint density at radius 2 is 1.02 bits per heavy atom. The molecule has 0 bridgehead atoms. The van der Waals surface area contributed by atoms with Crippen molar-refractivity contribution in [3.63, 3.8) is 0 Å². The van der Waals surface area contributed by atoms with Crippen molar-refractivity contribution in [1.82, 2.24) is 4.57 Å². The number of thiophene rings is 1. The quantitative estimate of drug-likeness (QED) is 0.180. The number of benzene rings is 7. The lowest BCUT2D eigenvalue weighted by molar-refractivity contribution is 1.02. The molecule has 44 heavy (non-hydrogen) atoms. The maximum absolute atomic E-state index is 2.51. The van der Waals surface area contributed by atoms with E-state index in [-0.39, 0.29) is 0 Å². The molecule has 2 heterocycles. The monoisotopic (exact) mass is 577 g/mol. The summed E-state index contributed by atoms with van der Waals surface area (Å²) >= 11 is 1.98. The first-order valence-electron chi connectivity index (χ1n) is 15.4. The third kappa shape index (κ3) is 3.35. The molecule has 0 aliphatic heterocycles. The normalized spacial score (nSPS) is 13.2. The third-order valence-electron chi connectivity index (χ3n) is 9.61. The van der Waals surface area contributed by atoms with Crippen molar-refractivity contribution < 1.29 is 0 Å². The van der Waals surface area contributed by atoms with Gasteiger partial charge in [-0.2, -0.15) is 0 Å². The molecule has 0 spiro atoms. The lowest BCUT2D eigenvalue weighted by Gasteiger charge is -2.15. The molecule has 0 atom stereocenters. The van der Waals surface area contributed by atoms with Gasteiger partial charge >= 0.3 is 0 Å². The number of para-hydroxylation sites is 2. The van der Waals surface area contributed by atoms with Crippen LogP contribution in [0.25, 0.3) is 87.1 Å². The summed E-state index contributed by atoms with van der Waals surface area (Å²) in [5.41, 5.74) is 7.69. The molecule has 10 rings (SSSR count). The minimum Gasteiger partial charge on any atom is -0.308 e. The van der Waals surface area contributed by atoms with E-state index in [1.165, 1.54) is 91.5 Å². The van der Waals surface area contributed by atoms with Gasteiger partial charge < -0.3 is 4.57 Å². The van der Waals surface area contributed by atoms with Crippen LogP contribution in [0.3, 0.4) is 0 Å². The van der Waals surface area contributed by atoms with Crippen molar-refractivity contribution in [3.05, 3.63) is 144 Å². The largest absolute Gasteiger partial charge is 0.308 e. The molecule has 2 heteroatoms. The van der Waals surface area contributed by atoms with Crippen LogP contribution in [-0.2, 0) is 6.42 Å². The van der Waals surface area contributed by atoms with Crippen LogP contribution >= 0.6 is 11.3 Å². The second kappa shape index (κ2) is 9.16. The van der Waals surface area contributed by atoms with Gasteiger partial charge in [0.2, 0.25) is 0 Å². The molecule has 0 amide bonds. The lowest BCUT2D eigenvalue weighted by Crippen LogP contribution is -1.95. The zero-order valence-corrected chi connectivity index (χ0v) is 24.9. The highest BCUT2D eigenvalue weighted by Crippen LogP contribution is 2.45. The standard InChI is InChI=1S/C42H27NS/c1-2-13-30-28(11-1)29-12-3-4-14-31(29)36-23-26(21-22-32(30)36)27-24-37-35-17-7-10-20-41(35)44-42(37)40(25-27)43-38-18-8-5-15-33(38)34-16-6-9-19-39(34)43/h1-9,11-19,21-25H,10,20H2. The highest BCUT2D eigenvalue weighted by Gasteiger charge is 2.21. The summed E-state index contributed by atoms with van der Waals surface area (Å²) in [6.07, 6.45) is 6.93. The third-order valence-corrected chi connectivity index (χ3v) is 10.9. The number of hydrogen-bond donors (Lipinski definition) is 0. The van der Waals surface area contributed by atoms with Gasteiger partial charge in [-0.15, -0.1) is 11.3 Å². The minimum atomic E-state index is 1.11. The van der Waals surface area contributed by atoms with Crippen LogP contribution in [0.4, 0.5) is 0 Å². The number of hydrogen-bond acceptors (Lipinski definition) is 1. The maximum Gasteiger partial charge on any atom is 0.0646 e. The summed E-state index contributed by atoms with van der Waals surface area (Å²) < 4.78 is 3.88. The minimum absolute atomic E-state index is 1.11. The average Bonchev–Trinajstić information content (AvgIpc) is 3.64. The molecular weight excluding hydrogens is 551 g/mol. The van der Waals surface area contributed by atoms with Crippen molar-refractivity contribution in [2.75, 3.05) is 0 Å². The summed E-state index contributed by atoms with van der Waals surface area (Å²) in [7, 11) is 0. The number of allylic oxidation sites excluding steroid dienone is 1. The fourth-order valence-electron chi connectivity index (χ4n) is 7.64. The van der Waals surface area contributed by atoms with E-state index >= 15 is 0 Å². The molecule has 7 aromatic carbocycles. The average molecular weight is 578 g/mol. The number of aryl methyl sites for hydroxylation is 1. The lowest BCUT2D eigenvalue weighted by atomic mass is 9.91. The zero-order valence-electron chi connectivity index (χ0n) is 24.0. The molecule has 1 nitrogen and oxygen atoms in total. The van der Waals surface area contributed by atoms with Gasteiger partial charge in [-0.3, -0.25) is 0 Å². The maximum atomic E-state index is 2.51. The number of aromatic nitrogens is 1. The molecule has 0 saturated carbocycles. The topological polar surface area (TPSA) is 4.93 Å². The van der Waals surface area contributed by atoms with E-state index in [1.807, 2.05) is 11.3 Å². The van der Waals surface area contributed by atoms with Crippen LogP contribution in [0, 0.1) is 0 Å². The molecule has 1 aliphatic carbocycles. The van der Waals surface area contributed by atoms with Crippen LogP contribution in [-0.4, -0.2) is 4.57 Å². The van der Waals surface area contributed by atoms with Crippen LogP contribution in [0.15, 0.2) is 133 Å². The van der Waals surface area contributed by atoms with E-state index < -0.39 is 0 Å². The molecule has 2 aromatic heterocycles. The van der Waals surface area contributed by atoms with Gasteiger partial charge in [0.15, 0.2) is 0 Å². The van der Waals surface area contributed by atoms with Crippen molar-refractivity contribution in [2.24, 2.45) is 0 Å². The molecule has 0 unspecified atom stereocenters. The van der Waals surface area contributed by atoms with Crippen molar-refractivity contribution in [3.8, 4) is 16.8 Å². The van der Waals surface area contributed by atoms with Gasteiger partial charge in [-0.1, -0.05) is 109 Å². The Balaban J connectivity index is 1.32. The molecular formula is C42H27NS. The van der Waals surface area contributed by atoms with Crippen LogP contribution in [0.5, 0.6) is 0 Å². The van der Waals surface area contributed by atoms with Gasteiger partial charge in [-0.05, 0) is 92.2 Å². The molecule has 9 aromatic rings.